The lowest BCUT2D eigenvalue weighted by Gasteiger charge is -2.36. The maximum atomic E-state index is 5.85. The second-order valence-electron chi connectivity index (χ2n) is 4.87. The number of hydrogen-bond donors (Lipinski definition) is 2. The van der Waals surface area contributed by atoms with Crippen LogP contribution in [0.3, 0.4) is 0 Å². The number of nitrogen functional groups attached to an aromatic ring is 1. The van der Waals surface area contributed by atoms with Crippen LogP contribution in [0.1, 0.15) is 26.7 Å². The highest BCUT2D eigenvalue weighted by Gasteiger charge is 2.29. The standard InChI is InChI=1S/C11H17ClN4O/c1-11(2)5-7(3-4-17-11)16-10-8(13)9(12)14-6-15-10/h6-7H,3-5,13H2,1-2H3,(H,14,15,16). The van der Waals surface area contributed by atoms with E-state index in [-0.39, 0.29) is 10.8 Å². The van der Waals surface area contributed by atoms with Crippen LogP contribution < -0.4 is 11.1 Å². The Morgan fingerprint density at radius 1 is 1.53 bits per heavy atom. The van der Waals surface area contributed by atoms with Gasteiger partial charge in [-0.15, -0.1) is 0 Å². The van der Waals surface area contributed by atoms with Gasteiger partial charge in [0.25, 0.3) is 0 Å². The van der Waals surface area contributed by atoms with Crippen molar-refractivity contribution in [3.8, 4) is 0 Å². The topological polar surface area (TPSA) is 73.1 Å². The van der Waals surface area contributed by atoms with Crippen LogP contribution in [0.4, 0.5) is 11.5 Å². The average Bonchev–Trinajstić information content (AvgIpc) is 2.23. The number of rotatable bonds is 2. The van der Waals surface area contributed by atoms with Crippen LogP contribution in [0.25, 0.3) is 0 Å². The minimum Gasteiger partial charge on any atom is -0.393 e. The molecule has 5 nitrogen and oxygen atoms in total. The van der Waals surface area contributed by atoms with E-state index in [0.29, 0.717) is 17.5 Å². The number of nitrogens with two attached hydrogens (primary N) is 1. The van der Waals surface area contributed by atoms with Gasteiger partial charge in [-0.25, -0.2) is 9.97 Å². The molecule has 94 valence electrons. The molecule has 1 fully saturated rings. The first-order valence-electron chi connectivity index (χ1n) is 5.64. The number of aromatic nitrogens is 2. The summed E-state index contributed by atoms with van der Waals surface area (Å²) in [5, 5.41) is 3.59. The number of anilines is 2. The summed E-state index contributed by atoms with van der Waals surface area (Å²) in [6.45, 7) is 4.90. The summed E-state index contributed by atoms with van der Waals surface area (Å²) in [7, 11) is 0. The highest BCUT2D eigenvalue weighted by Crippen LogP contribution is 2.28. The Labute approximate surface area is 106 Å². The minimum atomic E-state index is -0.110. The Morgan fingerprint density at radius 3 is 3.00 bits per heavy atom. The van der Waals surface area contributed by atoms with E-state index >= 15 is 0 Å². The first-order valence-corrected chi connectivity index (χ1v) is 6.02. The predicted molar refractivity (Wildman–Crippen MR) is 68.1 cm³/mol. The van der Waals surface area contributed by atoms with Crippen molar-refractivity contribution in [3.63, 3.8) is 0 Å². The third kappa shape index (κ3) is 2.98. The summed E-state index contributed by atoms with van der Waals surface area (Å²) >= 11 is 5.85. The quantitative estimate of drug-likeness (QED) is 0.793. The van der Waals surface area contributed by atoms with E-state index in [1.165, 1.54) is 6.33 Å². The maximum Gasteiger partial charge on any atom is 0.157 e. The number of nitrogens with one attached hydrogen (secondary N) is 1. The van der Waals surface area contributed by atoms with Crippen LogP contribution in [0.15, 0.2) is 6.33 Å². The van der Waals surface area contributed by atoms with Crippen molar-refractivity contribution in [2.75, 3.05) is 17.7 Å². The Morgan fingerprint density at radius 2 is 2.29 bits per heavy atom. The molecular weight excluding hydrogens is 240 g/mol. The Bertz CT molecular complexity index is 410. The van der Waals surface area contributed by atoms with E-state index < -0.39 is 0 Å². The number of hydrogen-bond acceptors (Lipinski definition) is 5. The monoisotopic (exact) mass is 256 g/mol. The van der Waals surface area contributed by atoms with Gasteiger partial charge in [-0.1, -0.05) is 11.6 Å². The molecule has 0 saturated carbocycles. The van der Waals surface area contributed by atoms with Gasteiger partial charge in [-0.05, 0) is 26.7 Å². The summed E-state index contributed by atoms with van der Waals surface area (Å²) in [4.78, 5) is 7.93. The second kappa shape index (κ2) is 4.66. The van der Waals surface area contributed by atoms with Crippen molar-refractivity contribution in [1.29, 1.82) is 0 Å². The molecule has 0 aliphatic carbocycles. The van der Waals surface area contributed by atoms with Gasteiger partial charge in [0.2, 0.25) is 0 Å². The largest absolute Gasteiger partial charge is 0.393 e. The Balaban J connectivity index is 2.08. The highest BCUT2D eigenvalue weighted by molar-refractivity contribution is 6.32. The Hall–Kier alpha value is -1.07. The molecule has 1 unspecified atom stereocenters. The van der Waals surface area contributed by atoms with Crippen molar-refractivity contribution in [1.82, 2.24) is 9.97 Å². The van der Waals surface area contributed by atoms with E-state index in [2.05, 4.69) is 29.1 Å². The third-order valence-electron chi connectivity index (χ3n) is 2.87. The van der Waals surface area contributed by atoms with Crippen LogP contribution >= 0.6 is 11.6 Å². The van der Waals surface area contributed by atoms with Crippen LogP contribution in [-0.2, 0) is 4.74 Å². The fraction of sp³-hybridized carbons (Fsp3) is 0.636. The normalized spacial score (nSPS) is 23.4. The number of ether oxygens (including phenoxy) is 1. The molecule has 2 heterocycles. The molecule has 1 saturated heterocycles. The number of halogens is 1. The van der Waals surface area contributed by atoms with E-state index in [1.807, 2.05) is 0 Å². The third-order valence-corrected chi connectivity index (χ3v) is 3.17. The second-order valence-corrected chi connectivity index (χ2v) is 5.23. The summed E-state index contributed by atoms with van der Waals surface area (Å²) in [5.74, 6) is 0.604. The molecule has 6 heteroatoms. The predicted octanol–water partition coefficient (Wildman–Crippen LogP) is 2.08. The Kier molecular flexibility index (Phi) is 3.40. The van der Waals surface area contributed by atoms with Gasteiger partial charge in [0, 0.05) is 12.6 Å². The van der Waals surface area contributed by atoms with Crippen molar-refractivity contribution in [3.05, 3.63) is 11.5 Å². The van der Waals surface area contributed by atoms with Crippen LogP contribution in [-0.4, -0.2) is 28.2 Å². The molecule has 1 aliphatic rings. The highest BCUT2D eigenvalue weighted by atomic mass is 35.5. The molecule has 17 heavy (non-hydrogen) atoms. The van der Waals surface area contributed by atoms with E-state index in [4.69, 9.17) is 22.1 Å². The molecular formula is C11H17ClN4O. The van der Waals surface area contributed by atoms with Gasteiger partial charge < -0.3 is 15.8 Å². The fourth-order valence-electron chi connectivity index (χ4n) is 2.04. The molecule has 0 bridgehead atoms. The van der Waals surface area contributed by atoms with Crippen molar-refractivity contribution >= 4 is 23.1 Å². The van der Waals surface area contributed by atoms with Gasteiger partial charge in [0.15, 0.2) is 11.0 Å². The smallest absolute Gasteiger partial charge is 0.157 e. The molecule has 1 atom stereocenters. The van der Waals surface area contributed by atoms with Gasteiger partial charge >= 0.3 is 0 Å². The zero-order valence-electron chi connectivity index (χ0n) is 10.0. The molecule has 0 amide bonds. The average molecular weight is 257 g/mol. The van der Waals surface area contributed by atoms with Crippen LogP contribution in [0, 0.1) is 0 Å². The van der Waals surface area contributed by atoms with E-state index in [1.54, 1.807) is 0 Å². The molecule has 1 aromatic rings. The summed E-state index contributed by atoms with van der Waals surface area (Å²) in [6.07, 6.45) is 3.25. The van der Waals surface area contributed by atoms with Gasteiger partial charge in [-0.2, -0.15) is 0 Å². The SMILES string of the molecule is CC1(C)CC(Nc2ncnc(Cl)c2N)CCO1. The van der Waals surface area contributed by atoms with Crippen molar-refractivity contribution in [2.24, 2.45) is 0 Å². The number of nitrogens with zero attached hydrogens (tertiary/aromatic N) is 2. The molecule has 0 spiro atoms. The first-order chi connectivity index (χ1) is 7.98. The lowest BCUT2D eigenvalue weighted by molar-refractivity contribution is -0.0553. The zero-order valence-corrected chi connectivity index (χ0v) is 10.8. The molecule has 0 radical (unpaired) electrons. The molecule has 3 N–H and O–H groups in total. The zero-order chi connectivity index (χ0) is 12.5. The molecule has 1 aliphatic heterocycles. The van der Waals surface area contributed by atoms with E-state index in [9.17, 15) is 0 Å². The van der Waals surface area contributed by atoms with Crippen molar-refractivity contribution in [2.45, 2.75) is 38.3 Å². The van der Waals surface area contributed by atoms with E-state index in [0.717, 1.165) is 19.4 Å². The van der Waals surface area contributed by atoms with Crippen LogP contribution in [0.2, 0.25) is 5.15 Å². The summed E-state index contributed by atoms with van der Waals surface area (Å²) in [5.41, 5.74) is 6.11. The van der Waals surface area contributed by atoms with Gasteiger partial charge in [0.05, 0.1) is 5.60 Å². The lowest BCUT2D eigenvalue weighted by Crippen LogP contribution is -2.40. The summed E-state index contributed by atoms with van der Waals surface area (Å²) in [6, 6.07) is 0.298. The molecule has 0 aromatic carbocycles. The lowest BCUT2D eigenvalue weighted by atomic mass is 9.94. The molecule has 2 rings (SSSR count). The van der Waals surface area contributed by atoms with Crippen molar-refractivity contribution < 1.29 is 4.74 Å². The maximum absolute atomic E-state index is 5.85. The fourth-order valence-corrected chi connectivity index (χ4v) is 2.17. The van der Waals surface area contributed by atoms with Gasteiger partial charge in [0.1, 0.15) is 12.0 Å². The van der Waals surface area contributed by atoms with Crippen LogP contribution in [0.5, 0.6) is 0 Å². The first kappa shape index (κ1) is 12.4. The summed E-state index contributed by atoms with van der Waals surface area (Å²) < 4.78 is 5.66. The molecule has 1 aromatic heterocycles. The van der Waals surface area contributed by atoms with Gasteiger partial charge in [-0.3, -0.25) is 0 Å². The minimum absolute atomic E-state index is 0.110.